The highest BCUT2D eigenvalue weighted by Gasteiger charge is 2.38. The number of urea groups is 1. The molecule has 2 N–H and O–H groups in total. The first kappa shape index (κ1) is 19.7. The number of non-ortho nitro benzene ring substituents is 1. The minimum absolute atomic E-state index is 0.0102. The molecule has 0 spiro atoms. The Kier molecular flexibility index (Phi) is 5.51. The van der Waals surface area contributed by atoms with E-state index in [0.29, 0.717) is 17.2 Å². The topological polar surface area (TPSA) is 114 Å². The summed E-state index contributed by atoms with van der Waals surface area (Å²) in [5.74, 6) is 0.791. The largest absolute Gasteiger partial charge is 0.457 e. The fourth-order valence-corrected chi connectivity index (χ4v) is 4.00. The molecule has 9 nitrogen and oxygen atoms in total. The lowest BCUT2D eigenvalue weighted by Crippen LogP contribution is -2.63. The molecule has 1 saturated heterocycles. The summed E-state index contributed by atoms with van der Waals surface area (Å²) in [4.78, 5) is 36.8. The average Bonchev–Trinajstić information content (AvgIpc) is 2.73. The van der Waals surface area contributed by atoms with Crippen LogP contribution in [0.15, 0.2) is 48.5 Å². The van der Waals surface area contributed by atoms with E-state index in [0.717, 1.165) is 25.7 Å². The third-order valence-corrected chi connectivity index (χ3v) is 5.42. The molecule has 3 amide bonds. The standard InChI is InChI=1S/C21H22N4O5/c26-20-13-24(19-7-2-1-6-18(19)23-20)21(27)22-14-4-3-5-17(12-14)30-16-10-8-15(9-11-16)25(28)29/h3-5,8-12,18-19H,1-2,6-7,13H2,(H,22,27)(H,23,26). The minimum Gasteiger partial charge on any atom is -0.457 e. The molecule has 0 aromatic heterocycles. The fraction of sp³-hybridized carbons (Fsp3) is 0.333. The molecule has 0 radical (unpaired) electrons. The Morgan fingerprint density at radius 1 is 1.13 bits per heavy atom. The first-order chi connectivity index (χ1) is 14.5. The lowest BCUT2D eigenvalue weighted by Gasteiger charge is -2.43. The van der Waals surface area contributed by atoms with Crippen LogP contribution in [0, 0.1) is 10.1 Å². The van der Waals surface area contributed by atoms with E-state index in [1.165, 1.54) is 24.3 Å². The average molecular weight is 410 g/mol. The summed E-state index contributed by atoms with van der Waals surface area (Å²) < 4.78 is 5.73. The van der Waals surface area contributed by atoms with Crippen LogP contribution in [-0.2, 0) is 4.79 Å². The van der Waals surface area contributed by atoms with Gasteiger partial charge in [0.25, 0.3) is 5.69 Å². The van der Waals surface area contributed by atoms with Crippen LogP contribution in [0.25, 0.3) is 0 Å². The van der Waals surface area contributed by atoms with Crippen LogP contribution in [0.5, 0.6) is 11.5 Å². The number of hydrogen-bond donors (Lipinski definition) is 2. The van der Waals surface area contributed by atoms with Crippen LogP contribution in [0.2, 0.25) is 0 Å². The Labute approximate surface area is 173 Å². The molecule has 30 heavy (non-hydrogen) atoms. The second-order valence-corrected chi connectivity index (χ2v) is 7.46. The van der Waals surface area contributed by atoms with Gasteiger partial charge in [-0.1, -0.05) is 18.9 Å². The molecule has 2 unspecified atom stereocenters. The molecule has 9 heteroatoms. The summed E-state index contributed by atoms with van der Waals surface area (Å²) in [5.41, 5.74) is 0.521. The summed E-state index contributed by atoms with van der Waals surface area (Å²) in [7, 11) is 0. The Morgan fingerprint density at radius 3 is 2.67 bits per heavy atom. The van der Waals surface area contributed by atoms with Crippen molar-refractivity contribution in [3.8, 4) is 11.5 Å². The van der Waals surface area contributed by atoms with E-state index < -0.39 is 4.92 Å². The number of nitro benzene ring substituents is 1. The van der Waals surface area contributed by atoms with Crippen molar-refractivity contribution in [2.24, 2.45) is 0 Å². The number of amides is 3. The van der Waals surface area contributed by atoms with Crippen molar-refractivity contribution in [1.29, 1.82) is 0 Å². The van der Waals surface area contributed by atoms with E-state index in [1.807, 2.05) is 0 Å². The van der Waals surface area contributed by atoms with Gasteiger partial charge in [0, 0.05) is 29.9 Å². The lowest BCUT2D eigenvalue weighted by atomic mass is 9.87. The number of nitrogens with zero attached hydrogens (tertiary/aromatic N) is 2. The van der Waals surface area contributed by atoms with Gasteiger partial charge in [-0.3, -0.25) is 14.9 Å². The Balaban J connectivity index is 1.44. The molecule has 1 aliphatic heterocycles. The molecule has 2 atom stereocenters. The Bertz CT molecular complexity index is 962. The number of hydrogen-bond acceptors (Lipinski definition) is 5. The van der Waals surface area contributed by atoms with Gasteiger partial charge < -0.3 is 20.3 Å². The van der Waals surface area contributed by atoms with Gasteiger partial charge >= 0.3 is 6.03 Å². The number of carbonyl (C=O) groups is 2. The van der Waals surface area contributed by atoms with Gasteiger partial charge in [-0.15, -0.1) is 0 Å². The van der Waals surface area contributed by atoms with E-state index in [2.05, 4.69) is 10.6 Å². The quantitative estimate of drug-likeness (QED) is 0.590. The monoisotopic (exact) mass is 410 g/mol. The van der Waals surface area contributed by atoms with Crippen molar-refractivity contribution in [2.75, 3.05) is 11.9 Å². The van der Waals surface area contributed by atoms with Gasteiger partial charge in [-0.2, -0.15) is 0 Å². The van der Waals surface area contributed by atoms with Crippen LogP contribution in [0.3, 0.4) is 0 Å². The predicted octanol–water partition coefficient (Wildman–Crippen LogP) is 3.66. The van der Waals surface area contributed by atoms with Crippen molar-refractivity contribution >= 4 is 23.3 Å². The highest BCUT2D eigenvalue weighted by atomic mass is 16.6. The molecular weight excluding hydrogens is 388 g/mol. The number of fused-ring (bicyclic) bond motifs is 1. The highest BCUT2D eigenvalue weighted by Crippen LogP contribution is 2.28. The normalized spacial score (nSPS) is 20.7. The van der Waals surface area contributed by atoms with Crippen LogP contribution >= 0.6 is 0 Å². The van der Waals surface area contributed by atoms with Crippen LogP contribution in [-0.4, -0.2) is 40.4 Å². The van der Waals surface area contributed by atoms with Crippen LogP contribution in [0.4, 0.5) is 16.2 Å². The number of anilines is 1. The van der Waals surface area contributed by atoms with Gasteiger partial charge in [0.1, 0.15) is 18.0 Å². The third-order valence-electron chi connectivity index (χ3n) is 5.42. The number of piperazine rings is 1. The summed E-state index contributed by atoms with van der Waals surface area (Å²) in [5, 5.41) is 16.6. The summed E-state index contributed by atoms with van der Waals surface area (Å²) in [6, 6.07) is 12.3. The van der Waals surface area contributed by atoms with E-state index in [4.69, 9.17) is 4.74 Å². The molecule has 0 bridgehead atoms. The molecule has 1 saturated carbocycles. The Morgan fingerprint density at radius 2 is 1.90 bits per heavy atom. The number of ether oxygens (including phenoxy) is 1. The number of rotatable bonds is 4. The molecule has 1 heterocycles. The summed E-state index contributed by atoms with van der Waals surface area (Å²) >= 11 is 0. The molecular formula is C21H22N4O5. The molecule has 2 fully saturated rings. The lowest BCUT2D eigenvalue weighted by molar-refractivity contribution is -0.384. The first-order valence-corrected chi connectivity index (χ1v) is 9.89. The molecule has 1 aliphatic carbocycles. The van der Waals surface area contributed by atoms with Gasteiger partial charge in [0.2, 0.25) is 5.91 Å². The van der Waals surface area contributed by atoms with Gasteiger partial charge in [0.15, 0.2) is 0 Å². The number of nitro groups is 1. The van der Waals surface area contributed by atoms with E-state index >= 15 is 0 Å². The molecule has 2 aromatic carbocycles. The maximum Gasteiger partial charge on any atom is 0.322 e. The van der Waals surface area contributed by atoms with Crippen molar-refractivity contribution in [3.63, 3.8) is 0 Å². The Hall–Kier alpha value is -3.62. The summed E-state index contributed by atoms with van der Waals surface area (Å²) in [6.45, 7) is 0.0476. The number of carbonyl (C=O) groups excluding carboxylic acids is 2. The van der Waals surface area contributed by atoms with Gasteiger partial charge in [0.05, 0.1) is 11.0 Å². The zero-order chi connectivity index (χ0) is 21.1. The molecule has 2 aromatic rings. The maximum atomic E-state index is 12.9. The third kappa shape index (κ3) is 4.35. The SMILES string of the molecule is O=C1CN(C(=O)Nc2cccc(Oc3ccc([N+](=O)[O-])cc3)c2)C2CCCCC2N1. The van der Waals surface area contributed by atoms with Crippen molar-refractivity contribution < 1.29 is 19.2 Å². The molecule has 156 valence electrons. The highest BCUT2D eigenvalue weighted by molar-refractivity contribution is 5.93. The number of nitrogens with one attached hydrogen (secondary N) is 2. The smallest absolute Gasteiger partial charge is 0.322 e. The zero-order valence-corrected chi connectivity index (χ0v) is 16.2. The zero-order valence-electron chi connectivity index (χ0n) is 16.2. The number of benzene rings is 2. The van der Waals surface area contributed by atoms with E-state index in [-0.39, 0.29) is 36.3 Å². The minimum atomic E-state index is -0.475. The fourth-order valence-electron chi connectivity index (χ4n) is 4.00. The van der Waals surface area contributed by atoms with Crippen LogP contribution < -0.4 is 15.4 Å². The van der Waals surface area contributed by atoms with Crippen molar-refractivity contribution in [1.82, 2.24) is 10.2 Å². The second kappa shape index (κ2) is 8.40. The van der Waals surface area contributed by atoms with Crippen molar-refractivity contribution in [2.45, 2.75) is 37.8 Å². The first-order valence-electron chi connectivity index (χ1n) is 9.89. The molecule has 2 aliphatic rings. The van der Waals surface area contributed by atoms with Gasteiger partial charge in [-0.05, 0) is 37.1 Å². The predicted molar refractivity (Wildman–Crippen MR) is 110 cm³/mol. The molecule has 4 rings (SSSR count). The van der Waals surface area contributed by atoms with E-state index in [1.54, 1.807) is 29.2 Å². The summed E-state index contributed by atoms with van der Waals surface area (Å²) in [6.07, 6.45) is 3.86. The van der Waals surface area contributed by atoms with E-state index in [9.17, 15) is 19.7 Å². The second-order valence-electron chi connectivity index (χ2n) is 7.46. The van der Waals surface area contributed by atoms with Gasteiger partial charge in [-0.25, -0.2) is 4.79 Å². The van der Waals surface area contributed by atoms with Crippen molar-refractivity contribution in [3.05, 3.63) is 58.6 Å². The maximum absolute atomic E-state index is 12.9. The van der Waals surface area contributed by atoms with Crippen LogP contribution in [0.1, 0.15) is 25.7 Å².